The zero-order chi connectivity index (χ0) is 13.8. The van der Waals surface area contributed by atoms with Crippen molar-refractivity contribution in [3.8, 4) is 0 Å². The third-order valence-corrected chi connectivity index (χ3v) is 4.44. The Morgan fingerprint density at radius 3 is 2.84 bits per heavy atom. The maximum atomic E-state index is 10.7. The summed E-state index contributed by atoms with van der Waals surface area (Å²) < 4.78 is 0. The molecule has 1 fully saturated rings. The molecule has 1 saturated carbocycles. The summed E-state index contributed by atoms with van der Waals surface area (Å²) in [5.41, 5.74) is 1.16. The Bertz CT molecular complexity index is 448. The smallest absolute Gasteiger partial charge is 0.269 e. The van der Waals surface area contributed by atoms with Gasteiger partial charge in [0.2, 0.25) is 0 Å². The van der Waals surface area contributed by atoms with E-state index in [1.165, 1.54) is 25.3 Å². The molecule has 19 heavy (non-hydrogen) atoms. The van der Waals surface area contributed by atoms with Crippen molar-refractivity contribution in [3.63, 3.8) is 0 Å². The van der Waals surface area contributed by atoms with Crippen LogP contribution in [-0.2, 0) is 6.54 Å². The van der Waals surface area contributed by atoms with E-state index in [0.29, 0.717) is 18.5 Å². The summed E-state index contributed by atoms with van der Waals surface area (Å²) in [5, 5.41) is 14.3. The molecule has 0 heterocycles. The summed E-state index contributed by atoms with van der Waals surface area (Å²) in [6.45, 7) is 5.28. The first kappa shape index (κ1) is 14.0. The second kappa shape index (κ2) is 6.15. The van der Waals surface area contributed by atoms with Crippen molar-refractivity contribution in [1.29, 1.82) is 0 Å². The molecule has 4 nitrogen and oxygen atoms in total. The molecule has 0 saturated heterocycles. The number of benzene rings is 1. The van der Waals surface area contributed by atoms with Gasteiger partial charge in [-0.2, -0.15) is 0 Å². The van der Waals surface area contributed by atoms with Gasteiger partial charge in [0.05, 0.1) is 4.92 Å². The van der Waals surface area contributed by atoms with E-state index in [1.807, 2.05) is 6.07 Å². The normalized spacial score (nSPS) is 26.5. The number of nitro benzene ring substituents is 1. The van der Waals surface area contributed by atoms with E-state index in [1.54, 1.807) is 12.1 Å². The molecule has 1 aliphatic rings. The summed E-state index contributed by atoms with van der Waals surface area (Å²) in [6.07, 6.45) is 3.76. The Balaban J connectivity index is 1.92. The van der Waals surface area contributed by atoms with Gasteiger partial charge in [-0.3, -0.25) is 10.1 Å². The van der Waals surface area contributed by atoms with Crippen LogP contribution in [0.2, 0.25) is 0 Å². The molecular formula is C15H22N2O2. The van der Waals surface area contributed by atoms with Crippen LogP contribution in [0.5, 0.6) is 0 Å². The van der Waals surface area contributed by atoms with Gasteiger partial charge in [-0.1, -0.05) is 32.4 Å². The zero-order valence-electron chi connectivity index (χ0n) is 11.6. The van der Waals surface area contributed by atoms with Crippen molar-refractivity contribution in [1.82, 2.24) is 5.32 Å². The Hall–Kier alpha value is -1.42. The van der Waals surface area contributed by atoms with Gasteiger partial charge in [-0.15, -0.1) is 0 Å². The lowest BCUT2D eigenvalue weighted by molar-refractivity contribution is -0.384. The highest BCUT2D eigenvalue weighted by Gasteiger charge is 2.30. The lowest BCUT2D eigenvalue weighted by Gasteiger charge is -2.21. The maximum absolute atomic E-state index is 10.7. The van der Waals surface area contributed by atoms with Crippen LogP contribution in [0, 0.1) is 22.0 Å². The first-order valence-corrected chi connectivity index (χ1v) is 7.08. The number of hydrogen-bond donors (Lipinski definition) is 1. The highest BCUT2D eigenvalue weighted by atomic mass is 16.6. The van der Waals surface area contributed by atoms with E-state index < -0.39 is 0 Å². The molecule has 0 aromatic heterocycles. The second-order valence-corrected chi connectivity index (χ2v) is 5.52. The minimum Gasteiger partial charge on any atom is -0.310 e. The predicted octanol–water partition coefficient (Wildman–Crippen LogP) is 3.51. The fourth-order valence-electron chi connectivity index (χ4n) is 3.14. The van der Waals surface area contributed by atoms with Crippen LogP contribution in [0.3, 0.4) is 0 Å². The number of nitro groups is 1. The largest absolute Gasteiger partial charge is 0.310 e. The number of nitrogens with zero attached hydrogens (tertiary/aromatic N) is 1. The number of nitrogens with one attached hydrogen (secondary N) is 1. The van der Waals surface area contributed by atoms with Crippen molar-refractivity contribution in [2.24, 2.45) is 11.8 Å². The summed E-state index contributed by atoms with van der Waals surface area (Å²) in [5.74, 6) is 1.52. The molecular weight excluding hydrogens is 240 g/mol. The minimum atomic E-state index is -0.338. The summed E-state index contributed by atoms with van der Waals surface area (Å²) >= 11 is 0. The lowest BCUT2D eigenvalue weighted by Crippen LogP contribution is -2.32. The average Bonchev–Trinajstić information content (AvgIpc) is 2.77. The molecule has 0 radical (unpaired) electrons. The Morgan fingerprint density at radius 1 is 1.42 bits per heavy atom. The third-order valence-electron chi connectivity index (χ3n) is 4.44. The van der Waals surface area contributed by atoms with Gasteiger partial charge in [-0.05, 0) is 30.2 Å². The number of rotatable bonds is 5. The molecule has 0 spiro atoms. The maximum Gasteiger partial charge on any atom is 0.269 e. The molecule has 104 valence electrons. The van der Waals surface area contributed by atoms with Crippen LogP contribution in [0.1, 0.15) is 38.7 Å². The van der Waals surface area contributed by atoms with E-state index in [0.717, 1.165) is 11.5 Å². The standard InChI is InChI=1S/C15H22N2O2/c1-3-13-7-8-15(11(13)2)16-10-12-5-4-6-14(9-12)17(18)19/h4-6,9,11,13,15-16H,3,7-8,10H2,1-2H3. The van der Waals surface area contributed by atoms with E-state index in [2.05, 4.69) is 19.2 Å². The van der Waals surface area contributed by atoms with Gasteiger partial charge in [0.25, 0.3) is 5.69 Å². The van der Waals surface area contributed by atoms with Crippen LogP contribution >= 0.6 is 0 Å². The van der Waals surface area contributed by atoms with Crippen LogP contribution < -0.4 is 5.32 Å². The molecule has 1 aromatic rings. The van der Waals surface area contributed by atoms with Crippen molar-refractivity contribution < 1.29 is 4.92 Å². The third kappa shape index (κ3) is 3.32. The molecule has 0 amide bonds. The number of hydrogen-bond acceptors (Lipinski definition) is 3. The Labute approximate surface area is 114 Å². The average molecular weight is 262 g/mol. The van der Waals surface area contributed by atoms with Gasteiger partial charge in [-0.25, -0.2) is 0 Å². The van der Waals surface area contributed by atoms with Crippen LogP contribution in [-0.4, -0.2) is 11.0 Å². The Kier molecular flexibility index (Phi) is 4.53. The molecule has 4 heteroatoms. The van der Waals surface area contributed by atoms with E-state index in [4.69, 9.17) is 0 Å². The Morgan fingerprint density at radius 2 is 2.21 bits per heavy atom. The summed E-state index contributed by atoms with van der Waals surface area (Å²) in [7, 11) is 0. The predicted molar refractivity (Wildman–Crippen MR) is 75.9 cm³/mol. The van der Waals surface area contributed by atoms with Gasteiger partial charge in [0, 0.05) is 24.7 Å². The SMILES string of the molecule is CCC1CCC(NCc2cccc([N+](=O)[O-])c2)C1C. The zero-order valence-corrected chi connectivity index (χ0v) is 11.6. The summed E-state index contributed by atoms with van der Waals surface area (Å²) in [6, 6.07) is 7.43. The van der Waals surface area contributed by atoms with Gasteiger partial charge in [0.1, 0.15) is 0 Å². The molecule has 2 rings (SSSR count). The molecule has 0 bridgehead atoms. The summed E-state index contributed by atoms with van der Waals surface area (Å²) in [4.78, 5) is 10.4. The van der Waals surface area contributed by atoms with Crippen LogP contribution in [0.15, 0.2) is 24.3 Å². The topological polar surface area (TPSA) is 55.2 Å². The van der Waals surface area contributed by atoms with E-state index in [-0.39, 0.29) is 10.6 Å². The molecule has 1 aliphatic carbocycles. The monoisotopic (exact) mass is 262 g/mol. The number of non-ortho nitro benzene ring substituents is 1. The van der Waals surface area contributed by atoms with Gasteiger partial charge >= 0.3 is 0 Å². The molecule has 1 aromatic carbocycles. The highest BCUT2D eigenvalue weighted by molar-refractivity contribution is 5.34. The van der Waals surface area contributed by atoms with E-state index in [9.17, 15) is 10.1 Å². The fraction of sp³-hybridized carbons (Fsp3) is 0.600. The molecule has 0 aliphatic heterocycles. The first-order valence-electron chi connectivity index (χ1n) is 7.08. The minimum absolute atomic E-state index is 0.171. The van der Waals surface area contributed by atoms with E-state index >= 15 is 0 Å². The van der Waals surface area contributed by atoms with Crippen molar-refractivity contribution in [2.45, 2.75) is 45.7 Å². The molecule has 1 N–H and O–H groups in total. The van der Waals surface area contributed by atoms with Crippen LogP contribution in [0.4, 0.5) is 5.69 Å². The quantitative estimate of drug-likeness (QED) is 0.652. The first-order chi connectivity index (χ1) is 9.11. The second-order valence-electron chi connectivity index (χ2n) is 5.52. The molecule has 3 atom stereocenters. The lowest BCUT2D eigenvalue weighted by atomic mass is 9.93. The van der Waals surface area contributed by atoms with Crippen molar-refractivity contribution >= 4 is 5.69 Å². The van der Waals surface area contributed by atoms with Crippen molar-refractivity contribution in [2.75, 3.05) is 0 Å². The van der Waals surface area contributed by atoms with Gasteiger partial charge < -0.3 is 5.32 Å². The fourth-order valence-corrected chi connectivity index (χ4v) is 3.14. The van der Waals surface area contributed by atoms with Gasteiger partial charge in [0.15, 0.2) is 0 Å². The van der Waals surface area contributed by atoms with Crippen molar-refractivity contribution in [3.05, 3.63) is 39.9 Å². The van der Waals surface area contributed by atoms with Crippen LogP contribution in [0.25, 0.3) is 0 Å². The highest BCUT2D eigenvalue weighted by Crippen LogP contribution is 2.34. The molecule has 3 unspecified atom stereocenters.